The van der Waals surface area contributed by atoms with Crippen molar-refractivity contribution < 1.29 is 18.0 Å². The normalized spacial score (nSPS) is 19.6. The van der Waals surface area contributed by atoms with Gasteiger partial charge in [0.15, 0.2) is 0 Å². The van der Waals surface area contributed by atoms with E-state index in [1.54, 1.807) is 30.5 Å². The Morgan fingerprint density at radius 2 is 1.79 bits per heavy atom. The minimum atomic E-state index is -3.69. The van der Waals surface area contributed by atoms with E-state index in [1.807, 2.05) is 0 Å². The highest BCUT2D eigenvalue weighted by atomic mass is 32.2. The molecule has 3 rings (SSSR count). The number of nitrogens with zero attached hydrogens (tertiary/aromatic N) is 2. The Labute approximate surface area is 169 Å². The Balaban J connectivity index is 1.55. The maximum absolute atomic E-state index is 12.3. The molecule has 0 unspecified atom stereocenters. The first-order valence-corrected chi connectivity index (χ1v) is 11.1. The molecule has 10 heteroatoms. The number of carbonyl (C=O) groups excluding carboxylic acids is 2. The zero-order valence-electron chi connectivity index (χ0n) is 16.2. The molecule has 1 aromatic carbocycles. The van der Waals surface area contributed by atoms with E-state index < -0.39 is 27.6 Å². The summed E-state index contributed by atoms with van der Waals surface area (Å²) in [5.41, 5.74) is 6.45. The second kappa shape index (κ2) is 8.75. The predicted octanol–water partition coefficient (Wildman–Crippen LogP) is 1.41. The minimum Gasteiger partial charge on any atom is -0.364 e. The second-order valence-electron chi connectivity index (χ2n) is 7.44. The van der Waals surface area contributed by atoms with Gasteiger partial charge in [0.2, 0.25) is 15.9 Å². The maximum Gasteiger partial charge on any atom is 0.269 e. The Morgan fingerprint density at radius 3 is 2.38 bits per heavy atom. The topological polar surface area (TPSA) is 136 Å². The fraction of sp³-hybridized carbons (Fsp3) is 0.421. The lowest BCUT2D eigenvalue weighted by Crippen LogP contribution is -2.41. The molecule has 0 radical (unpaired) electrons. The zero-order chi connectivity index (χ0) is 21.0. The summed E-state index contributed by atoms with van der Waals surface area (Å²) in [4.78, 5) is 23.3. The summed E-state index contributed by atoms with van der Waals surface area (Å²) in [6.45, 7) is 2.16. The van der Waals surface area contributed by atoms with E-state index in [0.717, 1.165) is 25.7 Å². The average molecular weight is 420 g/mol. The van der Waals surface area contributed by atoms with Gasteiger partial charge in [-0.1, -0.05) is 6.92 Å². The van der Waals surface area contributed by atoms with Crippen LogP contribution >= 0.6 is 0 Å². The van der Waals surface area contributed by atoms with Crippen LogP contribution in [0.1, 0.15) is 43.1 Å². The van der Waals surface area contributed by atoms with Gasteiger partial charge in [-0.05, 0) is 61.9 Å². The quantitative estimate of drug-likeness (QED) is 0.623. The smallest absolute Gasteiger partial charge is 0.269 e. The van der Waals surface area contributed by atoms with E-state index in [1.165, 1.54) is 10.7 Å². The minimum absolute atomic E-state index is 0.0948. The second-order valence-corrected chi connectivity index (χ2v) is 9.19. The highest BCUT2D eigenvalue weighted by Gasteiger charge is 2.24. The Bertz CT molecular complexity index is 976. The van der Waals surface area contributed by atoms with Gasteiger partial charge in [-0.3, -0.25) is 9.59 Å². The number of sulfonamides is 1. The molecule has 1 aliphatic rings. The number of hydrogen-bond donors (Lipinski definition) is 3. The highest BCUT2D eigenvalue weighted by molar-refractivity contribution is 7.90. The van der Waals surface area contributed by atoms with Gasteiger partial charge in [0.05, 0.1) is 5.69 Å². The average Bonchev–Trinajstić information content (AvgIpc) is 3.14. The van der Waals surface area contributed by atoms with E-state index in [4.69, 9.17) is 5.73 Å². The number of amides is 2. The summed E-state index contributed by atoms with van der Waals surface area (Å²) >= 11 is 0. The molecular weight excluding hydrogens is 394 g/mol. The summed E-state index contributed by atoms with van der Waals surface area (Å²) < 4.78 is 28.6. The first-order chi connectivity index (χ1) is 13.7. The van der Waals surface area contributed by atoms with Crippen LogP contribution in [0.15, 0.2) is 36.5 Å². The number of carbonyl (C=O) groups is 2. The Morgan fingerprint density at radius 1 is 1.14 bits per heavy atom. The molecule has 156 valence electrons. The molecule has 29 heavy (non-hydrogen) atoms. The van der Waals surface area contributed by atoms with Crippen LogP contribution in [0, 0.1) is 5.92 Å². The number of anilines is 1. The van der Waals surface area contributed by atoms with Crippen LogP contribution in [0.3, 0.4) is 0 Å². The molecule has 0 saturated heterocycles. The molecule has 1 aromatic heterocycles. The fourth-order valence-electron chi connectivity index (χ4n) is 3.34. The van der Waals surface area contributed by atoms with Gasteiger partial charge in [-0.15, -0.1) is 0 Å². The van der Waals surface area contributed by atoms with E-state index in [9.17, 15) is 18.0 Å². The van der Waals surface area contributed by atoms with Gasteiger partial charge in [-0.25, -0.2) is 17.8 Å². The van der Waals surface area contributed by atoms with Crippen molar-refractivity contribution in [2.75, 3.05) is 11.1 Å². The van der Waals surface area contributed by atoms with Crippen LogP contribution in [0.4, 0.5) is 5.69 Å². The number of hydrogen-bond acceptors (Lipinski definition) is 5. The van der Waals surface area contributed by atoms with Crippen LogP contribution in [-0.4, -0.2) is 41.8 Å². The van der Waals surface area contributed by atoms with E-state index >= 15 is 0 Å². The van der Waals surface area contributed by atoms with Crippen molar-refractivity contribution in [3.63, 3.8) is 0 Å². The van der Waals surface area contributed by atoms with E-state index in [2.05, 4.69) is 22.1 Å². The number of primary amides is 1. The first-order valence-electron chi connectivity index (χ1n) is 9.47. The van der Waals surface area contributed by atoms with Crippen molar-refractivity contribution in [1.29, 1.82) is 0 Å². The van der Waals surface area contributed by atoms with Crippen molar-refractivity contribution >= 4 is 27.5 Å². The van der Waals surface area contributed by atoms with Crippen LogP contribution in [0.25, 0.3) is 5.69 Å². The fourth-order valence-corrected chi connectivity index (χ4v) is 4.58. The van der Waals surface area contributed by atoms with Crippen molar-refractivity contribution in [3.05, 3.63) is 42.2 Å². The molecule has 4 N–H and O–H groups in total. The van der Waals surface area contributed by atoms with Gasteiger partial charge in [0, 0.05) is 17.9 Å². The molecule has 1 aliphatic carbocycles. The number of nitrogens with one attached hydrogen (secondary N) is 2. The molecule has 0 bridgehead atoms. The summed E-state index contributed by atoms with van der Waals surface area (Å²) in [5.74, 6) is -1.23. The number of nitrogens with two attached hydrogens (primary N) is 1. The molecule has 1 heterocycles. The van der Waals surface area contributed by atoms with Gasteiger partial charge in [0.1, 0.15) is 11.4 Å². The van der Waals surface area contributed by atoms with Crippen molar-refractivity contribution in [1.82, 2.24) is 14.5 Å². The molecule has 9 nitrogen and oxygen atoms in total. The molecule has 2 aromatic rings. The summed E-state index contributed by atoms with van der Waals surface area (Å²) in [5, 5.41) is 6.63. The lowest BCUT2D eigenvalue weighted by molar-refractivity contribution is -0.113. The van der Waals surface area contributed by atoms with Gasteiger partial charge in [-0.2, -0.15) is 5.10 Å². The van der Waals surface area contributed by atoms with Crippen LogP contribution in [0.5, 0.6) is 0 Å². The van der Waals surface area contributed by atoms with E-state index in [0.29, 0.717) is 17.3 Å². The molecule has 0 aliphatic heterocycles. The molecule has 1 saturated carbocycles. The highest BCUT2D eigenvalue weighted by Crippen LogP contribution is 2.23. The Hall–Kier alpha value is -2.72. The van der Waals surface area contributed by atoms with Crippen LogP contribution in [-0.2, 0) is 14.8 Å². The standard InChI is InChI=1S/C19H25N5O4S/c1-13-2-4-15(5-3-13)23-29(27,28)12-18(25)21-14-6-8-16(9-7-14)24-11-10-17(22-24)19(20)26/h6-11,13,15,23H,2-5,12H2,1H3,(H2,20,26)(H,21,25). The third-order valence-electron chi connectivity index (χ3n) is 4.94. The summed E-state index contributed by atoms with van der Waals surface area (Å²) in [6, 6.07) is 8.03. The predicted molar refractivity (Wildman–Crippen MR) is 109 cm³/mol. The zero-order valence-corrected chi connectivity index (χ0v) is 17.0. The molecule has 0 spiro atoms. The number of aromatic nitrogens is 2. The third kappa shape index (κ3) is 5.88. The van der Waals surface area contributed by atoms with Gasteiger partial charge < -0.3 is 11.1 Å². The third-order valence-corrected chi connectivity index (χ3v) is 6.28. The molecular formula is C19H25N5O4S. The molecule has 2 amide bonds. The van der Waals surface area contributed by atoms with Crippen LogP contribution in [0.2, 0.25) is 0 Å². The van der Waals surface area contributed by atoms with Crippen molar-refractivity contribution in [3.8, 4) is 5.69 Å². The Kier molecular flexibility index (Phi) is 6.33. The molecule has 1 fully saturated rings. The van der Waals surface area contributed by atoms with Gasteiger partial charge >= 0.3 is 0 Å². The number of rotatable bonds is 7. The van der Waals surface area contributed by atoms with Crippen molar-refractivity contribution in [2.45, 2.75) is 38.6 Å². The van der Waals surface area contributed by atoms with Crippen molar-refractivity contribution in [2.24, 2.45) is 11.7 Å². The SMILES string of the molecule is CC1CCC(NS(=O)(=O)CC(=O)Nc2ccc(-n3ccc(C(N)=O)n3)cc2)CC1. The lowest BCUT2D eigenvalue weighted by Gasteiger charge is -2.26. The maximum atomic E-state index is 12.3. The largest absolute Gasteiger partial charge is 0.364 e. The monoisotopic (exact) mass is 419 g/mol. The van der Waals surface area contributed by atoms with E-state index in [-0.39, 0.29) is 11.7 Å². The van der Waals surface area contributed by atoms with Gasteiger partial charge in [0.25, 0.3) is 5.91 Å². The summed E-state index contributed by atoms with van der Waals surface area (Å²) in [7, 11) is -3.69. The molecule has 0 atom stereocenters. The lowest BCUT2D eigenvalue weighted by atomic mass is 9.88. The van der Waals surface area contributed by atoms with Crippen LogP contribution < -0.4 is 15.8 Å². The first kappa shape index (κ1) is 21.0. The summed E-state index contributed by atoms with van der Waals surface area (Å²) in [6.07, 6.45) is 5.17. The number of benzene rings is 1.